The number of nitrogens with zero attached hydrogens (tertiary/aromatic N) is 5. The van der Waals surface area contributed by atoms with Crippen molar-refractivity contribution in [3.8, 4) is 21.7 Å². The minimum Gasteiger partial charge on any atom is -0.383 e. The first-order valence-electron chi connectivity index (χ1n) is 9.79. The lowest BCUT2D eigenvalue weighted by atomic mass is 10.1. The summed E-state index contributed by atoms with van der Waals surface area (Å²) in [5, 5.41) is 5.41. The topological polar surface area (TPSA) is 116 Å². The van der Waals surface area contributed by atoms with E-state index in [0.717, 1.165) is 44.8 Å². The van der Waals surface area contributed by atoms with Gasteiger partial charge in [0.15, 0.2) is 0 Å². The first kappa shape index (κ1) is 23.8. The Labute approximate surface area is 201 Å². The van der Waals surface area contributed by atoms with E-state index in [4.69, 9.17) is 16.5 Å². The Morgan fingerprint density at radius 2 is 1.84 bits per heavy atom. The number of amides is 2. The number of carbonyl (C=O) groups is 1. The lowest BCUT2D eigenvalue weighted by Crippen LogP contribution is -2.42. The molecule has 11 heteroatoms. The molecule has 5 rings (SSSR count). The van der Waals surface area contributed by atoms with Crippen LogP contribution >= 0.6 is 36.2 Å². The van der Waals surface area contributed by atoms with E-state index < -0.39 is 0 Å². The highest BCUT2D eigenvalue weighted by Gasteiger charge is 2.23. The van der Waals surface area contributed by atoms with Gasteiger partial charge in [0.25, 0.3) is 0 Å². The number of fused-ring (bicyclic) bond motifs is 1. The van der Waals surface area contributed by atoms with Crippen molar-refractivity contribution in [2.75, 3.05) is 18.8 Å². The van der Waals surface area contributed by atoms with Gasteiger partial charge in [-0.2, -0.15) is 5.10 Å². The summed E-state index contributed by atoms with van der Waals surface area (Å²) < 4.78 is 3.09. The third-order valence-corrected chi connectivity index (χ3v) is 6.60. The second kappa shape index (κ2) is 9.72. The molecule has 0 spiro atoms. The maximum atomic E-state index is 11.3. The standard InChI is InChI=1S/C21H21N7OS.2ClH/c22-19-16(20-26-17-3-1-2-4-18(17)30-20)9-13(10-24-19)14-11-25-28(12-14)15-5-7-27(8-6-15)21(23)29;;/h1-4,9-12,15H,5-8H2,(H2,22,24)(H2,23,29);2*1H. The summed E-state index contributed by atoms with van der Waals surface area (Å²) in [5.41, 5.74) is 15.3. The quantitative estimate of drug-likeness (QED) is 0.441. The van der Waals surface area contributed by atoms with E-state index in [1.807, 2.05) is 41.3 Å². The van der Waals surface area contributed by atoms with Crippen LogP contribution in [0.25, 0.3) is 31.9 Å². The number of para-hydroxylation sites is 1. The number of primary amides is 1. The van der Waals surface area contributed by atoms with E-state index in [9.17, 15) is 4.79 Å². The second-order valence-corrected chi connectivity index (χ2v) is 8.44. The summed E-state index contributed by atoms with van der Waals surface area (Å²) in [5.74, 6) is 0.462. The Morgan fingerprint density at radius 1 is 1.09 bits per heavy atom. The molecular weight excluding hydrogens is 469 g/mol. The summed E-state index contributed by atoms with van der Waals surface area (Å²) >= 11 is 1.60. The van der Waals surface area contributed by atoms with Gasteiger partial charge in [-0.05, 0) is 31.0 Å². The van der Waals surface area contributed by atoms with Crippen LogP contribution in [0.15, 0.2) is 48.9 Å². The highest BCUT2D eigenvalue weighted by molar-refractivity contribution is 7.21. The Balaban J connectivity index is 0.00000144. The van der Waals surface area contributed by atoms with E-state index in [1.165, 1.54) is 0 Å². The smallest absolute Gasteiger partial charge is 0.314 e. The molecule has 1 aromatic carbocycles. The number of piperidine rings is 1. The fraction of sp³-hybridized carbons (Fsp3) is 0.238. The number of thiazole rings is 1. The molecule has 4 N–H and O–H groups in total. The molecule has 1 aliphatic rings. The van der Waals surface area contributed by atoms with Crippen molar-refractivity contribution < 1.29 is 4.79 Å². The van der Waals surface area contributed by atoms with Crippen molar-refractivity contribution in [2.45, 2.75) is 18.9 Å². The number of urea groups is 1. The highest BCUT2D eigenvalue weighted by Crippen LogP contribution is 2.35. The summed E-state index contributed by atoms with van der Waals surface area (Å²) in [7, 11) is 0. The number of hydrogen-bond acceptors (Lipinski definition) is 6. The molecule has 0 bridgehead atoms. The molecule has 8 nitrogen and oxygen atoms in total. The van der Waals surface area contributed by atoms with E-state index in [2.05, 4.69) is 16.1 Å². The van der Waals surface area contributed by atoms with Gasteiger partial charge in [0.05, 0.1) is 28.0 Å². The number of carbonyl (C=O) groups excluding carboxylic acids is 1. The zero-order valence-electron chi connectivity index (χ0n) is 17.0. The molecule has 4 heterocycles. The zero-order valence-corrected chi connectivity index (χ0v) is 19.5. The van der Waals surface area contributed by atoms with Crippen LogP contribution in [0.3, 0.4) is 0 Å². The fourth-order valence-electron chi connectivity index (χ4n) is 3.83. The van der Waals surface area contributed by atoms with Gasteiger partial charge < -0.3 is 16.4 Å². The molecule has 168 valence electrons. The number of pyridine rings is 1. The summed E-state index contributed by atoms with van der Waals surface area (Å²) in [4.78, 5) is 22.1. The number of hydrogen-bond donors (Lipinski definition) is 2. The van der Waals surface area contributed by atoms with Crippen LogP contribution in [-0.4, -0.2) is 43.8 Å². The van der Waals surface area contributed by atoms with E-state index in [0.29, 0.717) is 18.9 Å². The van der Waals surface area contributed by atoms with Gasteiger partial charge in [0.1, 0.15) is 10.8 Å². The van der Waals surface area contributed by atoms with Crippen molar-refractivity contribution in [1.29, 1.82) is 0 Å². The van der Waals surface area contributed by atoms with Gasteiger partial charge >= 0.3 is 6.03 Å². The number of aromatic nitrogens is 4. The van der Waals surface area contributed by atoms with Crippen molar-refractivity contribution in [3.05, 3.63) is 48.9 Å². The molecule has 0 saturated carbocycles. The molecule has 1 aliphatic heterocycles. The highest BCUT2D eigenvalue weighted by atomic mass is 35.5. The largest absolute Gasteiger partial charge is 0.383 e. The third kappa shape index (κ3) is 4.50. The maximum absolute atomic E-state index is 11.3. The SMILES string of the molecule is Cl.Cl.NC(=O)N1CCC(n2cc(-c3cnc(N)c(-c4nc5ccccc5s4)c3)cn2)CC1. The molecule has 0 atom stereocenters. The molecule has 3 aromatic heterocycles. The first-order valence-corrected chi connectivity index (χ1v) is 10.6. The first-order chi connectivity index (χ1) is 14.6. The van der Waals surface area contributed by atoms with Crippen LogP contribution in [-0.2, 0) is 0 Å². The van der Waals surface area contributed by atoms with Gasteiger partial charge in [-0.15, -0.1) is 36.2 Å². The van der Waals surface area contributed by atoms with Gasteiger partial charge in [-0.3, -0.25) is 4.68 Å². The third-order valence-electron chi connectivity index (χ3n) is 5.53. The molecule has 4 aromatic rings. The van der Waals surface area contributed by atoms with E-state index in [-0.39, 0.29) is 36.9 Å². The van der Waals surface area contributed by atoms with Crippen LogP contribution in [0.4, 0.5) is 10.6 Å². The minimum atomic E-state index is -0.357. The molecule has 0 unspecified atom stereocenters. The predicted octanol–water partition coefficient (Wildman–Crippen LogP) is 4.36. The minimum absolute atomic E-state index is 0. The normalized spacial score (nSPS) is 14.1. The Morgan fingerprint density at radius 3 is 2.56 bits per heavy atom. The fourth-order valence-corrected chi connectivity index (χ4v) is 4.82. The Kier molecular flexibility index (Phi) is 7.22. The molecule has 1 saturated heterocycles. The van der Waals surface area contributed by atoms with Gasteiger partial charge in [0, 0.05) is 36.6 Å². The molecule has 2 amide bonds. The Bertz CT molecular complexity index is 1200. The number of nitrogens with two attached hydrogens (primary N) is 2. The summed E-state index contributed by atoms with van der Waals surface area (Å²) in [6.07, 6.45) is 7.31. The average molecular weight is 492 g/mol. The Hall–Kier alpha value is -2.88. The van der Waals surface area contributed by atoms with Crippen LogP contribution in [0.5, 0.6) is 0 Å². The van der Waals surface area contributed by atoms with Crippen molar-refractivity contribution in [3.63, 3.8) is 0 Å². The van der Waals surface area contributed by atoms with Crippen LogP contribution in [0.1, 0.15) is 18.9 Å². The van der Waals surface area contributed by atoms with Crippen LogP contribution < -0.4 is 11.5 Å². The summed E-state index contributed by atoms with van der Waals surface area (Å²) in [6.45, 7) is 1.31. The summed E-state index contributed by atoms with van der Waals surface area (Å²) in [6, 6.07) is 9.95. The number of benzene rings is 1. The maximum Gasteiger partial charge on any atom is 0.314 e. The van der Waals surface area contributed by atoms with Gasteiger partial charge in [0.2, 0.25) is 0 Å². The lowest BCUT2D eigenvalue weighted by molar-refractivity contribution is 0.177. The second-order valence-electron chi connectivity index (χ2n) is 7.41. The van der Waals surface area contributed by atoms with Crippen molar-refractivity contribution in [2.24, 2.45) is 5.73 Å². The number of halogens is 2. The van der Waals surface area contributed by atoms with E-state index >= 15 is 0 Å². The van der Waals surface area contributed by atoms with Crippen LogP contribution in [0.2, 0.25) is 0 Å². The molecule has 0 radical (unpaired) electrons. The zero-order chi connectivity index (χ0) is 20.7. The monoisotopic (exact) mass is 491 g/mol. The lowest BCUT2D eigenvalue weighted by Gasteiger charge is -2.30. The number of likely N-dealkylation sites (tertiary alicyclic amines) is 1. The van der Waals surface area contributed by atoms with Crippen molar-refractivity contribution >= 4 is 58.2 Å². The van der Waals surface area contributed by atoms with Crippen LogP contribution in [0, 0.1) is 0 Å². The van der Waals surface area contributed by atoms with Crippen molar-refractivity contribution in [1.82, 2.24) is 24.6 Å². The molecule has 1 fully saturated rings. The molecule has 0 aliphatic carbocycles. The number of nitrogen functional groups attached to an aromatic ring is 1. The van der Waals surface area contributed by atoms with E-state index in [1.54, 1.807) is 22.4 Å². The molecular formula is C21H23Cl2N7OS. The molecule has 32 heavy (non-hydrogen) atoms. The number of rotatable bonds is 3. The predicted molar refractivity (Wildman–Crippen MR) is 132 cm³/mol. The number of anilines is 1. The van der Waals surface area contributed by atoms with Gasteiger partial charge in [-0.25, -0.2) is 14.8 Å². The van der Waals surface area contributed by atoms with Gasteiger partial charge in [-0.1, -0.05) is 12.1 Å². The average Bonchev–Trinajstić information content (AvgIpc) is 3.41.